The molecular weight excluding hydrogens is 254 g/mol. The Kier molecular flexibility index (Phi) is 4.84. The van der Waals surface area contributed by atoms with E-state index in [0.29, 0.717) is 23.2 Å². The maximum Gasteiger partial charge on any atom is 0.251 e. The van der Waals surface area contributed by atoms with E-state index in [1.54, 1.807) is 19.2 Å². The molecule has 0 spiro atoms. The van der Waals surface area contributed by atoms with Crippen LogP contribution in [0.15, 0.2) is 18.2 Å². The Hall–Kier alpha value is -1.75. The van der Waals surface area contributed by atoms with Gasteiger partial charge in [0.15, 0.2) is 0 Å². The molecule has 4 N–H and O–H groups in total. The van der Waals surface area contributed by atoms with Gasteiger partial charge in [-0.3, -0.25) is 4.79 Å². The lowest BCUT2D eigenvalue weighted by Gasteiger charge is -2.29. The van der Waals surface area contributed by atoms with Crippen molar-refractivity contribution in [2.45, 2.75) is 25.8 Å². The van der Waals surface area contributed by atoms with E-state index in [4.69, 9.17) is 10.5 Å². The van der Waals surface area contributed by atoms with E-state index in [0.717, 1.165) is 31.7 Å². The highest BCUT2D eigenvalue weighted by Crippen LogP contribution is 2.26. The van der Waals surface area contributed by atoms with Crippen molar-refractivity contribution in [2.24, 2.45) is 5.92 Å². The molecule has 0 saturated carbocycles. The number of amides is 1. The third-order valence-corrected chi connectivity index (χ3v) is 3.90. The molecule has 1 aromatic rings. The predicted molar refractivity (Wildman–Crippen MR) is 80.9 cm³/mol. The number of benzene rings is 1. The van der Waals surface area contributed by atoms with Crippen LogP contribution in [0.5, 0.6) is 0 Å². The van der Waals surface area contributed by atoms with Crippen LogP contribution in [0.25, 0.3) is 0 Å². The Morgan fingerprint density at radius 1 is 1.40 bits per heavy atom. The number of nitrogens with one attached hydrogen (secondary N) is 2. The number of carbonyl (C=O) groups is 1. The SMILES string of the molecule is CNC(=O)c1ccc(N)c(NC(C)C2CCOCC2)c1. The molecule has 1 amide bonds. The fourth-order valence-corrected chi connectivity index (χ4v) is 2.55. The summed E-state index contributed by atoms with van der Waals surface area (Å²) < 4.78 is 5.38. The molecule has 1 fully saturated rings. The van der Waals surface area contributed by atoms with Gasteiger partial charge in [-0.2, -0.15) is 0 Å². The van der Waals surface area contributed by atoms with E-state index in [9.17, 15) is 4.79 Å². The molecule has 0 aromatic heterocycles. The van der Waals surface area contributed by atoms with Crippen LogP contribution in [-0.4, -0.2) is 32.2 Å². The molecule has 1 aliphatic heterocycles. The van der Waals surface area contributed by atoms with Crippen LogP contribution in [0.4, 0.5) is 11.4 Å². The second kappa shape index (κ2) is 6.61. The van der Waals surface area contributed by atoms with Crippen LogP contribution in [0.3, 0.4) is 0 Å². The van der Waals surface area contributed by atoms with Crippen LogP contribution < -0.4 is 16.4 Å². The lowest BCUT2D eigenvalue weighted by atomic mass is 9.92. The number of carbonyl (C=O) groups excluding carboxylic acids is 1. The number of nitrogens with two attached hydrogens (primary N) is 1. The largest absolute Gasteiger partial charge is 0.397 e. The zero-order valence-corrected chi connectivity index (χ0v) is 12.1. The van der Waals surface area contributed by atoms with Crippen molar-refractivity contribution in [3.63, 3.8) is 0 Å². The molecule has 1 saturated heterocycles. The molecule has 1 aliphatic rings. The van der Waals surface area contributed by atoms with Gasteiger partial charge in [0.25, 0.3) is 5.91 Å². The van der Waals surface area contributed by atoms with Crippen molar-refractivity contribution < 1.29 is 9.53 Å². The zero-order valence-electron chi connectivity index (χ0n) is 12.1. The maximum absolute atomic E-state index is 11.7. The highest BCUT2D eigenvalue weighted by molar-refractivity contribution is 5.96. The molecular formula is C15H23N3O2. The first-order valence-corrected chi connectivity index (χ1v) is 7.07. The van der Waals surface area contributed by atoms with Crippen LogP contribution >= 0.6 is 0 Å². The zero-order chi connectivity index (χ0) is 14.5. The minimum atomic E-state index is -0.105. The fourth-order valence-electron chi connectivity index (χ4n) is 2.55. The minimum absolute atomic E-state index is 0.105. The smallest absolute Gasteiger partial charge is 0.251 e. The average molecular weight is 277 g/mol. The first kappa shape index (κ1) is 14.7. The topological polar surface area (TPSA) is 76.4 Å². The normalized spacial score (nSPS) is 17.5. The molecule has 0 radical (unpaired) electrons. The van der Waals surface area contributed by atoms with Gasteiger partial charge in [0.2, 0.25) is 0 Å². The van der Waals surface area contributed by atoms with Gasteiger partial charge in [-0.05, 0) is 43.9 Å². The highest BCUT2D eigenvalue weighted by Gasteiger charge is 2.21. The summed E-state index contributed by atoms with van der Waals surface area (Å²) in [5.74, 6) is 0.471. The summed E-state index contributed by atoms with van der Waals surface area (Å²) in [6.07, 6.45) is 2.12. The second-order valence-electron chi connectivity index (χ2n) is 5.26. The number of rotatable bonds is 4. The van der Waals surface area contributed by atoms with Gasteiger partial charge in [-0.1, -0.05) is 0 Å². The Balaban J connectivity index is 2.09. The van der Waals surface area contributed by atoms with E-state index < -0.39 is 0 Å². The molecule has 0 aliphatic carbocycles. The summed E-state index contributed by atoms with van der Waals surface area (Å²) in [6, 6.07) is 5.62. The third-order valence-electron chi connectivity index (χ3n) is 3.90. The number of hydrogen-bond acceptors (Lipinski definition) is 4. The predicted octanol–water partition coefficient (Wildman–Crippen LogP) is 1.86. The molecule has 5 nitrogen and oxygen atoms in total. The summed E-state index contributed by atoms with van der Waals surface area (Å²) in [5.41, 5.74) is 8.09. The van der Waals surface area contributed by atoms with E-state index >= 15 is 0 Å². The van der Waals surface area contributed by atoms with Crippen molar-refractivity contribution in [1.82, 2.24) is 5.32 Å². The van der Waals surface area contributed by atoms with Gasteiger partial charge in [0.05, 0.1) is 11.4 Å². The molecule has 1 unspecified atom stereocenters. The Bertz CT molecular complexity index is 470. The summed E-state index contributed by atoms with van der Waals surface area (Å²) >= 11 is 0. The van der Waals surface area contributed by atoms with Crippen molar-refractivity contribution in [2.75, 3.05) is 31.3 Å². The number of nitrogen functional groups attached to an aromatic ring is 1. The molecule has 20 heavy (non-hydrogen) atoms. The highest BCUT2D eigenvalue weighted by atomic mass is 16.5. The number of ether oxygens (including phenoxy) is 1. The first-order chi connectivity index (χ1) is 9.61. The molecule has 1 atom stereocenters. The maximum atomic E-state index is 11.7. The molecule has 1 aromatic carbocycles. The van der Waals surface area contributed by atoms with Crippen molar-refractivity contribution in [1.29, 1.82) is 0 Å². The molecule has 5 heteroatoms. The van der Waals surface area contributed by atoms with Crippen molar-refractivity contribution in [3.8, 4) is 0 Å². The van der Waals surface area contributed by atoms with E-state index in [1.165, 1.54) is 0 Å². The van der Waals surface area contributed by atoms with Gasteiger partial charge in [-0.15, -0.1) is 0 Å². The standard InChI is InChI=1S/C15H23N3O2/c1-10(11-5-7-20-8-6-11)18-14-9-12(15(19)17-2)3-4-13(14)16/h3-4,9-11,18H,5-8,16H2,1-2H3,(H,17,19). The number of anilines is 2. The average Bonchev–Trinajstić information content (AvgIpc) is 2.49. The van der Waals surface area contributed by atoms with Gasteiger partial charge >= 0.3 is 0 Å². The van der Waals surface area contributed by atoms with Crippen LogP contribution in [0, 0.1) is 5.92 Å². The van der Waals surface area contributed by atoms with E-state index in [-0.39, 0.29) is 5.91 Å². The monoisotopic (exact) mass is 277 g/mol. The van der Waals surface area contributed by atoms with Gasteiger partial charge in [0, 0.05) is 31.9 Å². The first-order valence-electron chi connectivity index (χ1n) is 7.07. The third kappa shape index (κ3) is 3.42. The minimum Gasteiger partial charge on any atom is -0.397 e. The lowest BCUT2D eigenvalue weighted by Crippen LogP contribution is -2.31. The molecule has 1 heterocycles. The summed E-state index contributed by atoms with van der Waals surface area (Å²) in [5, 5.41) is 6.06. The molecule has 0 bridgehead atoms. The van der Waals surface area contributed by atoms with Gasteiger partial charge in [-0.25, -0.2) is 0 Å². The summed E-state index contributed by atoms with van der Waals surface area (Å²) in [4.78, 5) is 11.7. The summed E-state index contributed by atoms with van der Waals surface area (Å²) in [7, 11) is 1.62. The fraction of sp³-hybridized carbons (Fsp3) is 0.533. The van der Waals surface area contributed by atoms with Crippen LogP contribution in [0.1, 0.15) is 30.1 Å². The van der Waals surface area contributed by atoms with Crippen molar-refractivity contribution >= 4 is 17.3 Å². The van der Waals surface area contributed by atoms with Gasteiger partial charge < -0.3 is 21.1 Å². The Morgan fingerprint density at radius 3 is 2.75 bits per heavy atom. The number of hydrogen-bond donors (Lipinski definition) is 3. The lowest BCUT2D eigenvalue weighted by molar-refractivity contribution is 0.0622. The molecule has 110 valence electrons. The summed E-state index contributed by atoms with van der Waals surface area (Å²) in [6.45, 7) is 3.80. The van der Waals surface area contributed by atoms with Crippen LogP contribution in [-0.2, 0) is 4.74 Å². The van der Waals surface area contributed by atoms with E-state index in [2.05, 4.69) is 17.6 Å². The Labute approximate surface area is 119 Å². The van der Waals surface area contributed by atoms with Crippen molar-refractivity contribution in [3.05, 3.63) is 23.8 Å². The van der Waals surface area contributed by atoms with Gasteiger partial charge in [0.1, 0.15) is 0 Å². The van der Waals surface area contributed by atoms with E-state index in [1.807, 2.05) is 6.07 Å². The van der Waals surface area contributed by atoms with Crippen LogP contribution in [0.2, 0.25) is 0 Å². The quantitative estimate of drug-likeness (QED) is 0.734. The molecule has 2 rings (SSSR count). The second-order valence-corrected chi connectivity index (χ2v) is 5.26. The Morgan fingerprint density at radius 2 is 2.10 bits per heavy atom.